The number of hydrogen-bond donors (Lipinski definition) is 1. The van der Waals surface area contributed by atoms with Crippen molar-refractivity contribution in [2.24, 2.45) is 11.8 Å². The topological polar surface area (TPSA) is 37.8 Å². The van der Waals surface area contributed by atoms with Gasteiger partial charge in [-0.15, -0.1) is 0 Å². The number of rotatable bonds is 2. The number of hydrogen-bond acceptors (Lipinski definition) is 3. The quantitative estimate of drug-likeness (QED) is 0.851. The van der Waals surface area contributed by atoms with Crippen LogP contribution in [0.15, 0.2) is 6.07 Å². The molecule has 3 nitrogen and oxygen atoms in total. The van der Waals surface area contributed by atoms with E-state index >= 15 is 0 Å². The molecule has 1 heterocycles. The molecular weight excluding hydrogens is 210 g/mol. The Morgan fingerprint density at radius 2 is 1.94 bits per heavy atom. The average Bonchev–Trinajstić information content (AvgIpc) is 2.23. The Bertz CT molecular complexity index is 369. The molecular formula is C14H23N3. The van der Waals surface area contributed by atoms with Gasteiger partial charge in [0.15, 0.2) is 0 Å². The van der Waals surface area contributed by atoms with Crippen LogP contribution in [0.2, 0.25) is 0 Å². The summed E-state index contributed by atoms with van der Waals surface area (Å²) in [6.07, 6.45) is 3.95. The summed E-state index contributed by atoms with van der Waals surface area (Å²) in [4.78, 5) is 8.78. The molecule has 0 bridgehead atoms. The molecule has 0 spiro atoms. The van der Waals surface area contributed by atoms with Crippen molar-refractivity contribution in [3.63, 3.8) is 0 Å². The van der Waals surface area contributed by atoms with E-state index in [1.807, 2.05) is 19.9 Å². The van der Waals surface area contributed by atoms with Crippen molar-refractivity contribution in [3.05, 3.63) is 17.6 Å². The fourth-order valence-corrected chi connectivity index (χ4v) is 2.77. The molecule has 1 N–H and O–H groups in total. The molecule has 1 fully saturated rings. The molecule has 1 aliphatic carbocycles. The maximum atomic E-state index is 4.47. The van der Waals surface area contributed by atoms with Gasteiger partial charge in [-0.2, -0.15) is 0 Å². The van der Waals surface area contributed by atoms with Crippen molar-refractivity contribution < 1.29 is 0 Å². The number of nitrogens with zero attached hydrogens (tertiary/aromatic N) is 2. The average molecular weight is 233 g/mol. The molecule has 1 aliphatic rings. The molecule has 94 valence electrons. The van der Waals surface area contributed by atoms with Crippen LogP contribution in [0.5, 0.6) is 0 Å². The minimum absolute atomic E-state index is 0.562. The minimum atomic E-state index is 0.562. The predicted molar refractivity (Wildman–Crippen MR) is 71.1 cm³/mol. The van der Waals surface area contributed by atoms with Gasteiger partial charge < -0.3 is 5.32 Å². The summed E-state index contributed by atoms with van der Waals surface area (Å²) in [6, 6.07) is 2.60. The van der Waals surface area contributed by atoms with Crippen LogP contribution in [0.4, 0.5) is 5.82 Å². The fourth-order valence-electron chi connectivity index (χ4n) is 2.77. The zero-order chi connectivity index (χ0) is 12.4. The summed E-state index contributed by atoms with van der Waals surface area (Å²) in [7, 11) is 0. The molecule has 0 radical (unpaired) electrons. The summed E-state index contributed by atoms with van der Waals surface area (Å²) in [6.45, 7) is 8.68. The van der Waals surface area contributed by atoms with Crippen molar-refractivity contribution in [2.45, 2.75) is 53.0 Å². The molecule has 2 rings (SSSR count). The van der Waals surface area contributed by atoms with Crippen LogP contribution in [-0.2, 0) is 0 Å². The second kappa shape index (κ2) is 5.03. The largest absolute Gasteiger partial charge is 0.367 e. The van der Waals surface area contributed by atoms with Crippen LogP contribution in [0, 0.1) is 25.7 Å². The third-order valence-corrected chi connectivity index (χ3v) is 4.01. The normalized spacial score (nSPS) is 29.1. The molecule has 0 amide bonds. The lowest BCUT2D eigenvalue weighted by Gasteiger charge is -2.35. The molecule has 1 saturated carbocycles. The molecule has 0 aliphatic heterocycles. The van der Waals surface area contributed by atoms with Gasteiger partial charge in [-0.1, -0.05) is 26.7 Å². The van der Waals surface area contributed by atoms with Gasteiger partial charge >= 0.3 is 0 Å². The Morgan fingerprint density at radius 3 is 2.65 bits per heavy atom. The third kappa shape index (κ3) is 2.96. The highest BCUT2D eigenvalue weighted by Gasteiger charge is 2.27. The van der Waals surface area contributed by atoms with Crippen molar-refractivity contribution in [2.75, 3.05) is 5.32 Å². The van der Waals surface area contributed by atoms with Gasteiger partial charge in [0.05, 0.1) is 0 Å². The highest BCUT2D eigenvalue weighted by molar-refractivity contribution is 5.37. The van der Waals surface area contributed by atoms with Crippen LogP contribution in [-0.4, -0.2) is 16.0 Å². The van der Waals surface area contributed by atoms with E-state index in [1.165, 1.54) is 19.3 Å². The first-order valence-corrected chi connectivity index (χ1v) is 6.65. The molecule has 3 unspecified atom stereocenters. The van der Waals surface area contributed by atoms with Gasteiger partial charge in [0.1, 0.15) is 11.6 Å². The lowest BCUT2D eigenvalue weighted by atomic mass is 9.78. The third-order valence-electron chi connectivity index (χ3n) is 4.01. The second-order valence-corrected chi connectivity index (χ2v) is 5.46. The highest BCUT2D eigenvalue weighted by atomic mass is 15.1. The molecule has 3 heteroatoms. The van der Waals surface area contributed by atoms with Crippen LogP contribution in [0.25, 0.3) is 0 Å². The summed E-state index contributed by atoms with van der Waals surface area (Å²) < 4.78 is 0. The van der Waals surface area contributed by atoms with E-state index in [9.17, 15) is 0 Å². The Hall–Kier alpha value is -1.12. The lowest BCUT2D eigenvalue weighted by Crippen LogP contribution is -2.35. The first-order chi connectivity index (χ1) is 8.06. The van der Waals surface area contributed by atoms with Crippen molar-refractivity contribution in [1.29, 1.82) is 0 Å². The highest BCUT2D eigenvalue weighted by Crippen LogP contribution is 2.31. The number of nitrogens with one attached hydrogen (secondary N) is 1. The van der Waals surface area contributed by atoms with Crippen molar-refractivity contribution in [3.8, 4) is 0 Å². The zero-order valence-corrected chi connectivity index (χ0v) is 11.3. The Morgan fingerprint density at radius 1 is 1.18 bits per heavy atom. The molecule has 17 heavy (non-hydrogen) atoms. The molecule has 1 aromatic heterocycles. The van der Waals surface area contributed by atoms with Crippen molar-refractivity contribution >= 4 is 5.82 Å². The van der Waals surface area contributed by atoms with Gasteiger partial charge in [-0.05, 0) is 32.1 Å². The van der Waals surface area contributed by atoms with Crippen LogP contribution in [0.3, 0.4) is 0 Å². The van der Waals surface area contributed by atoms with Gasteiger partial charge in [-0.25, -0.2) is 9.97 Å². The van der Waals surface area contributed by atoms with E-state index in [2.05, 4.69) is 29.1 Å². The summed E-state index contributed by atoms with van der Waals surface area (Å²) >= 11 is 0. The summed E-state index contributed by atoms with van der Waals surface area (Å²) in [5.74, 6) is 3.37. The Kier molecular flexibility index (Phi) is 3.65. The standard InChI is InChI=1S/C14H23N3/c1-9-6-5-7-13(11(9)3)17-14-8-10(2)15-12(4)16-14/h8-9,11,13H,5-7H2,1-4H3,(H,15,16,17). The monoisotopic (exact) mass is 233 g/mol. The summed E-state index contributed by atoms with van der Waals surface area (Å²) in [5, 5.41) is 3.59. The first-order valence-electron chi connectivity index (χ1n) is 6.65. The van der Waals surface area contributed by atoms with E-state index in [0.29, 0.717) is 6.04 Å². The smallest absolute Gasteiger partial charge is 0.130 e. The van der Waals surface area contributed by atoms with Crippen LogP contribution in [0.1, 0.15) is 44.6 Å². The molecule has 3 atom stereocenters. The maximum absolute atomic E-state index is 4.47. The van der Waals surface area contributed by atoms with Crippen molar-refractivity contribution in [1.82, 2.24) is 9.97 Å². The van der Waals surface area contributed by atoms with Gasteiger partial charge in [0.25, 0.3) is 0 Å². The van der Waals surface area contributed by atoms with E-state index in [-0.39, 0.29) is 0 Å². The summed E-state index contributed by atoms with van der Waals surface area (Å²) in [5.41, 5.74) is 1.04. The second-order valence-electron chi connectivity index (χ2n) is 5.46. The number of aromatic nitrogens is 2. The molecule has 1 aromatic rings. The molecule has 0 aromatic carbocycles. The molecule has 0 saturated heterocycles. The van der Waals surface area contributed by atoms with Gasteiger partial charge in [0.2, 0.25) is 0 Å². The SMILES string of the molecule is Cc1cc(NC2CCCC(C)C2C)nc(C)n1. The first kappa shape index (κ1) is 12.3. The Balaban J connectivity index is 2.09. The van der Waals surface area contributed by atoms with E-state index in [0.717, 1.165) is 29.2 Å². The zero-order valence-electron chi connectivity index (χ0n) is 11.3. The fraction of sp³-hybridized carbons (Fsp3) is 0.714. The predicted octanol–water partition coefficient (Wildman–Crippen LogP) is 3.33. The van der Waals surface area contributed by atoms with E-state index < -0.39 is 0 Å². The van der Waals surface area contributed by atoms with Crippen LogP contribution < -0.4 is 5.32 Å². The minimum Gasteiger partial charge on any atom is -0.367 e. The van der Waals surface area contributed by atoms with Gasteiger partial charge in [0, 0.05) is 17.8 Å². The number of aryl methyl sites for hydroxylation is 2. The van der Waals surface area contributed by atoms with Gasteiger partial charge in [-0.3, -0.25) is 0 Å². The number of anilines is 1. The van der Waals surface area contributed by atoms with E-state index in [1.54, 1.807) is 0 Å². The maximum Gasteiger partial charge on any atom is 0.130 e. The van der Waals surface area contributed by atoms with E-state index in [4.69, 9.17) is 0 Å². The lowest BCUT2D eigenvalue weighted by molar-refractivity contribution is 0.253. The van der Waals surface area contributed by atoms with Crippen LogP contribution >= 0.6 is 0 Å². The Labute approximate surface area is 104 Å².